The minimum absolute atomic E-state index is 0.101. The van der Waals surface area contributed by atoms with Crippen LogP contribution in [0.4, 0.5) is 5.82 Å². The first-order chi connectivity index (χ1) is 16.3. The van der Waals surface area contributed by atoms with E-state index in [0.717, 1.165) is 22.0 Å². The number of hydrogen-bond acceptors (Lipinski definition) is 8. The number of pyridine rings is 1. The Labute approximate surface area is 197 Å². The number of hydrogen-bond donors (Lipinski definition) is 3. The average molecular weight is 458 g/mol. The highest BCUT2D eigenvalue weighted by Gasteiger charge is 2.19. The van der Waals surface area contributed by atoms with Gasteiger partial charge in [-0.2, -0.15) is 0 Å². The van der Waals surface area contributed by atoms with Crippen molar-refractivity contribution in [2.75, 3.05) is 18.9 Å². The minimum Gasteiger partial charge on any atom is -0.382 e. The van der Waals surface area contributed by atoms with Crippen molar-refractivity contribution < 1.29 is 9.90 Å². The van der Waals surface area contributed by atoms with Gasteiger partial charge in [-0.25, -0.2) is 19.9 Å². The zero-order chi connectivity index (χ0) is 24.3. The number of carbonyl (C=O) groups excluding carboxylic acids is 1. The Balaban J connectivity index is 1.52. The molecule has 34 heavy (non-hydrogen) atoms. The number of rotatable bonds is 7. The first-order valence-electron chi connectivity index (χ1n) is 11.0. The number of aliphatic hydroxyl groups is 1. The fraction of sp³-hybridized carbons (Fsp3) is 0.280. The smallest absolute Gasteiger partial charge is 0.251 e. The number of anilines is 1. The van der Waals surface area contributed by atoms with Crippen molar-refractivity contribution in [1.29, 1.82) is 0 Å². The molecule has 0 aliphatic rings. The number of carbonyl (C=O) groups is 1. The van der Waals surface area contributed by atoms with Crippen molar-refractivity contribution in [3.8, 4) is 11.3 Å². The van der Waals surface area contributed by atoms with Crippen molar-refractivity contribution in [3.05, 3.63) is 72.2 Å². The highest BCUT2D eigenvalue weighted by Crippen LogP contribution is 2.27. The number of para-hydroxylation sites is 1. The third-order valence-electron chi connectivity index (χ3n) is 5.56. The Bertz CT molecular complexity index is 1320. The van der Waals surface area contributed by atoms with E-state index in [-0.39, 0.29) is 11.8 Å². The first kappa shape index (κ1) is 23.2. The van der Waals surface area contributed by atoms with Gasteiger partial charge in [-0.3, -0.25) is 9.78 Å². The molecule has 9 heteroatoms. The Morgan fingerprint density at radius 1 is 1.09 bits per heavy atom. The molecule has 0 saturated heterocycles. The summed E-state index contributed by atoms with van der Waals surface area (Å²) in [6.07, 6.45) is 6.43. The second-order valence-electron chi connectivity index (χ2n) is 8.61. The van der Waals surface area contributed by atoms with E-state index in [1.165, 1.54) is 6.33 Å². The average Bonchev–Trinajstić information content (AvgIpc) is 2.85. The van der Waals surface area contributed by atoms with Crippen LogP contribution in [0.2, 0.25) is 0 Å². The minimum atomic E-state index is -1.11. The van der Waals surface area contributed by atoms with Crippen LogP contribution in [0.25, 0.3) is 22.2 Å². The standard InChI is InChI=1S/C25H27N7O2/c1-15(17-6-5-7-18-19(23(33)26-4)8-9-27-22(17)18)11-28-21-10-20(31-14-32-21)16-12-29-24(30-13-16)25(2,3)34/h5-10,12-15,34H,11H2,1-4H3,(H,26,33)(H,28,31,32)/t15-/m1/s1. The summed E-state index contributed by atoms with van der Waals surface area (Å²) in [4.78, 5) is 33.9. The van der Waals surface area contributed by atoms with Gasteiger partial charge in [0, 0.05) is 55.1 Å². The molecule has 0 unspecified atom stereocenters. The zero-order valence-corrected chi connectivity index (χ0v) is 19.6. The van der Waals surface area contributed by atoms with Crippen LogP contribution in [-0.2, 0) is 5.60 Å². The van der Waals surface area contributed by atoms with Crippen molar-refractivity contribution in [3.63, 3.8) is 0 Å². The summed E-state index contributed by atoms with van der Waals surface area (Å²) in [7, 11) is 1.62. The van der Waals surface area contributed by atoms with E-state index in [1.54, 1.807) is 45.6 Å². The quantitative estimate of drug-likeness (QED) is 0.386. The molecule has 174 valence electrons. The van der Waals surface area contributed by atoms with Gasteiger partial charge in [-0.05, 0) is 25.5 Å². The summed E-state index contributed by atoms with van der Waals surface area (Å²) in [5, 5.41) is 16.9. The van der Waals surface area contributed by atoms with E-state index in [2.05, 4.69) is 42.5 Å². The SMILES string of the molecule is CNC(=O)c1ccnc2c([C@H](C)CNc3cc(-c4cnc(C(C)(C)O)nc4)ncn3)cccc12. The van der Waals surface area contributed by atoms with Gasteiger partial charge in [0.25, 0.3) is 5.91 Å². The lowest BCUT2D eigenvalue weighted by Crippen LogP contribution is -2.19. The van der Waals surface area contributed by atoms with Crippen LogP contribution < -0.4 is 10.6 Å². The maximum absolute atomic E-state index is 12.2. The number of nitrogens with zero attached hydrogens (tertiary/aromatic N) is 5. The fourth-order valence-electron chi connectivity index (χ4n) is 3.68. The molecule has 0 spiro atoms. The maximum atomic E-state index is 12.2. The molecule has 0 aliphatic heterocycles. The largest absolute Gasteiger partial charge is 0.382 e. The van der Waals surface area contributed by atoms with Gasteiger partial charge in [0.1, 0.15) is 17.7 Å². The van der Waals surface area contributed by atoms with Gasteiger partial charge in [0.05, 0.1) is 16.8 Å². The number of benzene rings is 1. The van der Waals surface area contributed by atoms with Crippen molar-refractivity contribution >= 4 is 22.6 Å². The molecule has 4 aromatic rings. The maximum Gasteiger partial charge on any atom is 0.251 e. The van der Waals surface area contributed by atoms with Gasteiger partial charge >= 0.3 is 0 Å². The van der Waals surface area contributed by atoms with Gasteiger partial charge in [0.15, 0.2) is 5.82 Å². The zero-order valence-electron chi connectivity index (χ0n) is 19.6. The highest BCUT2D eigenvalue weighted by molar-refractivity contribution is 6.06. The van der Waals surface area contributed by atoms with Crippen LogP contribution in [0, 0.1) is 0 Å². The predicted octanol–water partition coefficient (Wildman–Crippen LogP) is 3.28. The van der Waals surface area contributed by atoms with Gasteiger partial charge in [0.2, 0.25) is 0 Å². The molecule has 1 atom stereocenters. The molecule has 1 amide bonds. The van der Waals surface area contributed by atoms with Gasteiger partial charge in [-0.15, -0.1) is 0 Å². The van der Waals surface area contributed by atoms with Crippen molar-refractivity contribution in [2.24, 2.45) is 0 Å². The highest BCUT2D eigenvalue weighted by atomic mass is 16.3. The number of fused-ring (bicyclic) bond motifs is 1. The lowest BCUT2D eigenvalue weighted by Gasteiger charge is -2.17. The summed E-state index contributed by atoms with van der Waals surface area (Å²) >= 11 is 0. The normalized spacial score (nSPS) is 12.4. The second-order valence-corrected chi connectivity index (χ2v) is 8.61. The third kappa shape index (κ3) is 4.84. The van der Waals surface area contributed by atoms with Crippen LogP contribution in [0.1, 0.15) is 48.4 Å². The molecule has 1 aromatic carbocycles. The van der Waals surface area contributed by atoms with Crippen LogP contribution in [0.5, 0.6) is 0 Å². The number of amides is 1. The molecule has 3 N–H and O–H groups in total. The molecule has 3 aromatic heterocycles. The fourth-order valence-corrected chi connectivity index (χ4v) is 3.68. The van der Waals surface area contributed by atoms with Crippen LogP contribution in [0.15, 0.2) is 55.2 Å². The van der Waals surface area contributed by atoms with E-state index in [9.17, 15) is 9.90 Å². The van der Waals surface area contributed by atoms with E-state index < -0.39 is 5.60 Å². The van der Waals surface area contributed by atoms with Crippen molar-refractivity contribution in [1.82, 2.24) is 30.2 Å². The van der Waals surface area contributed by atoms with E-state index >= 15 is 0 Å². The topological polar surface area (TPSA) is 126 Å². The van der Waals surface area contributed by atoms with Gasteiger partial charge < -0.3 is 15.7 Å². The molecule has 0 saturated carbocycles. The Kier molecular flexibility index (Phi) is 6.47. The lowest BCUT2D eigenvalue weighted by molar-refractivity contribution is 0.0687. The summed E-state index contributed by atoms with van der Waals surface area (Å²) in [5.74, 6) is 0.982. The molecule has 9 nitrogen and oxygen atoms in total. The summed E-state index contributed by atoms with van der Waals surface area (Å²) in [6.45, 7) is 5.98. The van der Waals surface area contributed by atoms with Crippen molar-refractivity contribution in [2.45, 2.75) is 32.3 Å². The van der Waals surface area contributed by atoms with E-state index in [0.29, 0.717) is 29.4 Å². The van der Waals surface area contributed by atoms with Crippen LogP contribution in [-0.4, -0.2) is 49.5 Å². The van der Waals surface area contributed by atoms with Crippen LogP contribution in [0.3, 0.4) is 0 Å². The molecule has 0 bridgehead atoms. The van der Waals surface area contributed by atoms with Gasteiger partial charge in [-0.1, -0.05) is 25.1 Å². The van der Waals surface area contributed by atoms with Crippen LogP contribution >= 0.6 is 0 Å². The summed E-state index contributed by atoms with van der Waals surface area (Å²) < 4.78 is 0. The summed E-state index contributed by atoms with van der Waals surface area (Å²) in [5.41, 5.74) is 2.75. The molecular formula is C25H27N7O2. The first-order valence-corrected chi connectivity index (χ1v) is 11.0. The summed E-state index contributed by atoms with van der Waals surface area (Å²) in [6, 6.07) is 9.46. The molecule has 4 rings (SSSR count). The molecule has 0 aliphatic carbocycles. The Hall–Kier alpha value is -3.98. The predicted molar refractivity (Wildman–Crippen MR) is 130 cm³/mol. The molecule has 0 radical (unpaired) electrons. The lowest BCUT2D eigenvalue weighted by atomic mass is 9.96. The Morgan fingerprint density at radius 3 is 2.56 bits per heavy atom. The molecule has 3 heterocycles. The second kappa shape index (κ2) is 9.48. The third-order valence-corrected chi connectivity index (χ3v) is 5.56. The molecular weight excluding hydrogens is 430 g/mol. The van der Waals surface area contributed by atoms with E-state index in [4.69, 9.17) is 0 Å². The Morgan fingerprint density at radius 2 is 1.85 bits per heavy atom. The molecule has 0 fully saturated rings. The monoisotopic (exact) mass is 457 g/mol. The number of nitrogens with one attached hydrogen (secondary N) is 2. The number of aromatic nitrogens is 5. The van der Waals surface area contributed by atoms with E-state index in [1.807, 2.05) is 24.3 Å².